The van der Waals surface area contributed by atoms with Gasteiger partial charge in [-0.25, -0.2) is 0 Å². The van der Waals surface area contributed by atoms with Crippen LogP contribution in [0.4, 0.5) is 0 Å². The van der Waals surface area contributed by atoms with Crippen molar-refractivity contribution in [1.29, 1.82) is 0 Å². The van der Waals surface area contributed by atoms with Crippen molar-refractivity contribution in [2.45, 2.75) is 25.0 Å². The van der Waals surface area contributed by atoms with E-state index in [1.807, 2.05) is 35.2 Å². The maximum absolute atomic E-state index is 12.3. The third kappa shape index (κ3) is 2.80. The predicted octanol–water partition coefficient (Wildman–Crippen LogP) is 1.77. The molecule has 0 aliphatic carbocycles. The largest absolute Gasteiger partial charge is 0.370 e. The highest BCUT2D eigenvalue weighted by atomic mass is 16.5. The lowest BCUT2D eigenvalue weighted by atomic mass is 10.1. The van der Waals surface area contributed by atoms with Gasteiger partial charge in [-0.05, 0) is 18.4 Å². The van der Waals surface area contributed by atoms with Crippen LogP contribution in [-0.2, 0) is 14.3 Å². The minimum absolute atomic E-state index is 0.0136. The van der Waals surface area contributed by atoms with Crippen LogP contribution in [0.25, 0.3) is 0 Å². The molecule has 4 nitrogen and oxygen atoms in total. The molecule has 2 saturated heterocycles. The zero-order valence-electron chi connectivity index (χ0n) is 11.0. The number of hydrogen-bond acceptors (Lipinski definition) is 3. The maximum atomic E-state index is 12.3. The Hall–Kier alpha value is -1.39. The summed E-state index contributed by atoms with van der Waals surface area (Å²) < 4.78 is 11.2. The van der Waals surface area contributed by atoms with Crippen LogP contribution in [0.15, 0.2) is 30.3 Å². The Kier molecular flexibility index (Phi) is 3.80. The molecule has 0 radical (unpaired) electrons. The molecular formula is C15H19NO3. The molecule has 1 amide bonds. The average molecular weight is 261 g/mol. The van der Waals surface area contributed by atoms with Crippen molar-refractivity contribution >= 4 is 5.91 Å². The second kappa shape index (κ2) is 5.72. The monoisotopic (exact) mass is 261 g/mol. The van der Waals surface area contributed by atoms with E-state index in [1.54, 1.807) is 0 Å². The van der Waals surface area contributed by atoms with Crippen molar-refractivity contribution in [3.05, 3.63) is 35.9 Å². The molecule has 0 aromatic heterocycles. The third-order valence-corrected chi connectivity index (χ3v) is 3.75. The van der Waals surface area contributed by atoms with E-state index in [0.29, 0.717) is 26.3 Å². The highest BCUT2D eigenvalue weighted by Crippen LogP contribution is 2.24. The molecule has 0 saturated carbocycles. The molecule has 2 heterocycles. The molecule has 19 heavy (non-hydrogen) atoms. The highest BCUT2D eigenvalue weighted by Gasteiger charge is 2.32. The summed E-state index contributed by atoms with van der Waals surface area (Å²) in [5.74, 6) is 0.127. The van der Waals surface area contributed by atoms with Crippen LogP contribution in [0.1, 0.15) is 24.5 Å². The van der Waals surface area contributed by atoms with Crippen molar-refractivity contribution in [3.63, 3.8) is 0 Å². The molecule has 4 heteroatoms. The van der Waals surface area contributed by atoms with Crippen LogP contribution in [0.5, 0.6) is 0 Å². The standard InChI is InChI=1S/C15H19NO3/c17-15(13-7-4-9-18-13)16-8-10-19-14(11-16)12-5-2-1-3-6-12/h1-3,5-6,13-14H,4,7-11H2/t13-,14-/m0/s1. The summed E-state index contributed by atoms with van der Waals surface area (Å²) in [7, 11) is 0. The molecule has 2 aliphatic rings. The van der Waals surface area contributed by atoms with Crippen LogP contribution >= 0.6 is 0 Å². The van der Waals surface area contributed by atoms with Gasteiger partial charge >= 0.3 is 0 Å². The van der Waals surface area contributed by atoms with E-state index in [-0.39, 0.29) is 18.1 Å². The third-order valence-electron chi connectivity index (χ3n) is 3.75. The van der Waals surface area contributed by atoms with Gasteiger partial charge in [0.2, 0.25) is 0 Å². The van der Waals surface area contributed by atoms with E-state index in [0.717, 1.165) is 18.4 Å². The first-order valence-corrected chi connectivity index (χ1v) is 6.91. The highest BCUT2D eigenvalue weighted by molar-refractivity contribution is 5.81. The van der Waals surface area contributed by atoms with E-state index >= 15 is 0 Å². The zero-order valence-corrected chi connectivity index (χ0v) is 11.0. The number of nitrogens with zero attached hydrogens (tertiary/aromatic N) is 1. The van der Waals surface area contributed by atoms with Crippen LogP contribution < -0.4 is 0 Å². The Labute approximate surface area is 113 Å². The summed E-state index contributed by atoms with van der Waals surface area (Å²) in [6.45, 7) is 2.60. The lowest BCUT2D eigenvalue weighted by Gasteiger charge is -2.34. The van der Waals surface area contributed by atoms with Crippen LogP contribution in [-0.4, -0.2) is 43.2 Å². The summed E-state index contributed by atoms with van der Waals surface area (Å²) in [5, 5.41) is 0. The summed E-state index contributed by atoms with van der Waals surface area (Å²) in [5.41, 5.74) is 1.13. The molecular weight excluding hydrogens is 242 g/mol. The Morgan fingerprint density at radius 1 is 1.16 bits per heavy atom. The number of carbonyl (C=O) groups excluding carboxylic acids is 1. The molecule has 1 aromatic carbocycles. The maximum Gasteiger partial charge on any atom is 0.251 e. The fraction of sp³-hybridized carbons (Fsp3) is 0.533. The normalized spacial score (nSPS) is 27.5. The lowest BCUT2D eigenvalue weighted by molar-refractivity contribution is -0.148. The number of amides is 1. The van der Waals surface area contributed by atoms with Crippen molar-refractivity contribution in [3.8, 4) is 0 Å². The number of ether oxygens (including phenoxy) is 2. The van der Waals surface area contributed by atoms with Gasteiger partial charge in [0.25, 0.3) is 5.91 Å². The van der Waals surface area contributed by atoms with Gasteiger partial charge in [-0.1, -0.05) is 30.3 Å². The Bertz CT molecular complexity index is 428. The van der Waals surface area contributed by atoms with Gasteiger partial charge in [-0.3, -0.25) is 4.79 Å². The molecule has 0 bridgehead atoms. The van der Waals surface area contributed by atoms with Crippen molar-refractivity contribution in [1.82, 2.24) is 4.90 Å². The first kappa shape index (κ1) is 12.6. The van der Waals surface area contributed by atoms with Gasteiger partial charge in [-0.15, -0.1) is 0 Å². The Morgan fingerprint density at radius 3 is 2.74 bits per heavy atom. The molecule has 0 N–H and O–H groups in total. The van der Waals surface area contributed by atoms with E-state index in [4.69, 9.17) is 9.47 Å². The molecule has 2 atom stereocenters. The molecule has 2 fully saturated rings. The number of carbonyl (C=O) groups is 1. The molecule has 0 spiro atoms. The second-order valence-electron chi connectivity index (χ2n) is 5.06. The number of benzene rings is 1. The lowest BCUT2D eigenvalue weighted by Crippen LogP contribution is -2.46. The zero-order chi connectivity index (χ0) is 13.1. The minimum Gasteiger partial charge on any atom is -0.370 e. The first-order valence-electron chi connectivity index (χ1n) is 6.91. The van der Waals surface area contributed by atoms with Gasteiger partial charge in [-0.2, -0.15) is 0 Å². The summed E-state index contributed by atoms with van der Waals surface area (Å²) >= 11 is 0. The van der Waals surface area contributed by atoms with Gasteiger partial charge in [0, 0.05) is 13.2 Å². The molecule has 0 unspecified atom stereocenters. The van der Waals surface area contributed by atoms with Crippen molar-refractivity contribution < 1.29 is 14.3 Å². The fourth-order valence-electron chi connectivity index (χ4n) is 2.69. The molecule has 2 aliphatic heterocycles. The van der Waals surface area contributed by atoms with E-state index in [1.165, 1.54) is 0 Å². The Morgan fingerprint density at radius 2 is 2.00 bits per heavy atom. The van der Waals surface area contributed by atoms with Gasteiger partial charge in [0.15, 0.2) is 0 Å². The number of rotatable bonds is 2. The first-order chi connectivity index (χ1) is 9.34. The van der Waals surface area contributed by atoms with Gasteiger partial charge in [0.05, 0.1) is 13.2 Å². The van der Waals surface area contributed by atoms with E-state index in [2.05, 4.69) is 0 Å². The van der Waals surface area contributed by atoms with E-state index < -0.39 is 0 Å². The molecule has 3 rings (SSSR count). The predicted molar refractivity (Wildman–Crippen MR) is 70.7 cm³/mol. The molecule has 102 valence electrons. The SMILES string of the molecule is O=C([C@@H]1CCCO1)N1CCO[C@H](c2ccccc2)C1. The van der Waals surface area contributed by atoms with Crippen molar-refractivity contribution in [2.75, 3.05) is 26.3 Å². The Balaban J connectivity index is 1.66. The smallest absolute Gasteiger partial charge is 0.251 e. The molecule has 1 aromatic rings. The quantitative estimate of drug-likeness (QED) is 0.814. The summed E-state index contributed by atoms with van der Waals surface area (Å²) in [4.78, 5) is 14.2. The topological polar surface area (TPSA) is 38.8 Å². The average Bonchev–Trinajstić information content (AvgIpc) is 3.02. The van der Waals surface area contributed by atoms with Gasteiger partial charge in [0.1, 0.15) is 12.2 Å². The van der Waals surface area contributed by atoms with Crippen LogP contribution in [0, 0.1) is 0 Å². The van der Waals surface area contributed by atoms with Crippen molar-refractivity contribution in [2.24, 2.45) is 0 Å². The number of hydrogen-bond donors (Lipinski definition) is 0. The van der Waals surface area contributed by atoms with Gasteiger partial charge < -0.3 is 14.4 Å². The summed E-state index contributed by atoms with van der Waals surface area (Å²) in [6, 6.07) is 10.1. The second-order valence-corrected chi connectivity index (χ2v) is 5.06. The van der Waals surface area contributed by atoms with Crippen LogP contribution in [0.2, 0.25) is 0 Å². The van der Waals surface area contributed by atoms with E-state index in [9.17, 15) is 4.79 Å². The summed E-state index contributed by atoms with van der Waals surface area (Å²) in [6.07, 6.45) is 1.60. The fourth-order valence-corrected chi connectivity index (χ4v) is 2.69. The van der Waals surface area contributed by atoms with Crippen LogP contribution in [0.3, 0.4) is 0 Å². The number of morpholine rings is 1. The minimum atomic E-state index is -0.227.